The molecule has 2 unspecified atom stereocenters. The maximum Gasteiger partial charge on any atom is 0.311 e. The summed E-state index contributed by atoms with van der Waals surface area (Å²) in [6, 6.07) is 2.51. The number of anilines is 2. The molecule has 18 heavy (non-hydrogen) atoms. The normalized spacial score (nSPS) is 23.6. The number of aliphatic hydroxyl groups is 1. The molecule has 0 amide bonds. The van der Waals surface area contributed by atoms with Crippen molar-refractivity contribution in [1.29, 1.82) is 0 Å². The Morgan fingerprint density at radius 2 is 2.17 bits per heavy atom. The fourth-order valence-electron chi connectivity index (χ4n) is 2.18. The van der Waals surface area contributed by atoms with Crippen LogP contribution >= 0.6 is 0 Å². The predicted octanol–water partition coefficient (Wildman–Crippen LogP) is 1.29. The highest BCUT2D eigenvalue weighted by atomic mass is 16.6. The van der Waals surface area contributed by atoms with Crippen LogP contribution < -0.4 is 11.1 Å². The molecular weight excluding hydrogens is 236 g/mol. The van der Waals surface area contributed by atoms with Crippen molar-refractivity contribution in [3.8, 4) is 0 Å². The Labute approximate surface area is 104 Å². The zero-order valence-corrected chi connectivity index (χ0v) is 9.87. The van der Waals surface area contributed by atoms with E-state index in [1.807, 2.05) is 0 Å². The lowest BCUT2D eigenvalue weighted by molar-refractivity contribution is -0.384. The van der Waals surface area contributed by atoms with E-state index in [1.54, 1.807) is 0 Å². The summed E-state index contributed by atoms with van der Waals surface area (Å²) in [4.78, 5) is 14.3. The Morgan fingerprint density at radius 1 is 1.44 bits per heavy atom. The number of hydrogen-bond donors (Lipinski definition) is 3. The molecule has 1 aliphatic carbocycles. The van der Waals surface area contributed by atoms with E-state index < -0.39 is 11.0 Å². The van der Waals surface area contributed by atoms with Crippen molar-refractivity contribution in [2.24, 2.45) is 0 Å². The van der Waals surface area contributed by atoms with Gasteiger partial charge in [-0.1, -0.05) is 12.8 Å². The second-order valence-electron chi connectivity index (χ2n) is 4.46. The highest BCUT2D eigenvalue weighted by molar-refractivity contribution is 5.59. The molecule has 2 rings (SSSR count). The first-order valence-corrected chi connectivity index (χ1v) is 5.93. The Kier molecular flexibility index (Phi) is 3.61. The molecule has 7 nitrogen and oxygen atoms in total. The molecule has 1 aromatic rings. The van der Waals surface area contributed by atoms with Gasteiger partial charge in [-0.15, -0.1) is 0 Å². The van der Waals surface area contributed by atoms with Crippen molar-refractivity contribution in [2.75, 3.05) is 11.1 Å². The minimum atomic E-state index is -0.510. The zero-order chi connectivity index (χ0) is 13.1. The molecule has 98 valence electrons. The van der Waals surface area contributed by atoms with Crippen LogP contribution in [0.3, 0.4) is 0 Å². The first kappa shape index (κ1) is 12.6. The van der Waals surface area contributed by atoms with Gasteiger partial charge in [-0.25, -0.2) is 4.98 Å². The van der Waals surface area contributed by atoms with Gasteiger partial charge in [-0.3, -0.25) is 10.1 Å². The smallest absolute Gasteiger partial charge is 0.311 e. The maximum absolute atomic E-state index is 10.9. The minimum Gasteiger partial charge on any atom is -0.391 e. The van der Waals surface area contributed by atoms with Crippen molar-refractivity contribution in [1.82, 2.24) is 4.98 Å². The third-order valence-corrected chi connectivity index (χ3v) is 3.14. The standard InChI is InChI=1S/C11H16N4O3/c12-10-6-5-8(15(17)18)11(14-10)13-7-3-1-2-4-9(7)16/h5-7,9,16H,1-4H2,(H3,12,13,14). The molecule has 2 atom stereocenters. The van der Waals surface area contributed by atoms with Crippen molar-refractivity contribution < 1.29 is 10.0 Å². The third kappa shape index (κ3) is 2.67. The molecular formula is C11H16N4O3. The van der Waals surface area contributed by atoms with E-state index in [0.717, 1.165) is 19.3 Å². The average Bonchev–Trinajstić information content (AvgIpc) is 2.32. The predicted molar refractivity (Wildman–Crippen MR) is 67.2 cm³/mol. The van der Waals surface area contributed by atoms with Gasteiger partial charge in [-0.05, 0) is 18.9 Å². The fourth-order valence-corrected chi connectivity index (χ4v) is 2.18. The van der Waals surface area contributed by atoms with E-state index in [4.69, 9.17) is 5.73 Å². The Hall–Kier alpha value is -1.89. The van der Waals surface area contributed by atoms with Crippen molar-refractivity contribution >= 4 is 17.3 Å². The van der Waals surface area contributed by atoms with Crippen LogP contribution in [0.4, 0.5) is 17.3 Å². The van der Waals surface area contributed by atoms with Crippen LogP contribution in [-0.4, -0.2) is 27.2 Å². The van der Waals surface area contributed by atoms with Gasteiger partial charge in [-0.2, -0.15) is 0 Å². The summed E-state index contributed by atoms with van der Waals surface area (Å²) in [6.07, 6.45) is 2.95. The van der Waals surface area contributed by atoms with Gasteiger partial charge in [0.25, 0.3) is 0 Å². The highest BCUT2D eigenvalue weighted by Crippen LogP contribution is 2.27. The highest BCUT2D eigenvalue weighted by Gasteiger charge is 2.26. The Morgan fingerprint density at radius 3 is 2.83 bits per heavy atom. The Balaban J connectivity index is 2.21. The van der Waals surface area contributed by atoms with Crippen LogP contribution in [0.1, 0.15) is 25.7 Å². The molecule has 1 fully saturated rings. The molecule has 4 N–H and O–H groups in total. The summed E-state index contributed by atoms with van der Waals surface area (Å²) in [7, 11) is 0. The number of aromatic nitrogens is 1. The quantitative estimate of drug-likeness (QED) is 0.551. The maximum atomic E-state index is 10.9. The van der Waals surface area contributed by atoms with Gasteiger partial charge < -0.3 is 16.2 Å². The number of pyridine rings is 1. The van der Waals surface area contributed by atoms with Crippen LogP contribution in [0.25, 0.3) is 0 Å². The average molecular weight is 252 g/mol. The topological polar surface area (TPSA) is 114 Å². The van der Waals surface area contributed by atoms with Gasteiger partial charge in [0.15, 0.2) is 0 Å². The summed E-state index contributed by atoms with van der Waals surface area (Å²) in [6.45, 7) is 0. The Bertz CT molecular complexity index is 452. The van der Waals surface area contributed by atoms with Crippen LogP contribution in [0.15, 0.2) is 12.1 Å². The van der Waals surface area contributed by atoms with Gasteiger partial charge in [0.1, 0.15) is 5.82 Å². The second kappa shape index (κ2) is 5.18. The first-order chi connectivity index (χ1) is 8.58. The number of nitrogens with one attached hydrogen (secondary N) is 1. The van der Waals surface area contributed by atoms with Crippen LogP contribution in [-0.2, 0) is 0 Å². The zero-order valence-electron chi connectivity index (χ0n) is 9.87. The molecule has 1 aromatic heterocycles. The second-order valence-corrected chi connectivity index (χ2v) is 4.46. The van der Waals surface area contributed by atoms with E-state index in [-0.39, 0.29) is 23.4 Å². The number of hydrogen-bond acceptors (Lipinski definition) is 6. The van der Waals surface area contributed by atoms with Gasteiger partial charge in [0.05, 0.1) is 17.1 Å². The lowest BCUT2D eigenvalue weighted by Gasteiger charge is -2.28. The van der Waals surface area contributed by atoms with E-state index >= 15 is 0 Å². The van der Waals surface area contributed by atoms with E-state index in [9.17, 15) is 15.2 Å². The van der Waals surface area contributed by atoms with E-state index in [0.29, 0.717) is 6.42 Å². The van der Waals surface area contributed by atoms with E-state index in [2.05, 4.69) is 10.3 Å². The molecule has 0 aliphatic heterocycles. The largest absolute Gasteiger partial charge is 0.391 e. The molecule has 0 radical (unpaired) electrons. The number of nitrogens with two attached hydrogens (primary N) is 1. The molecule has 1 saturated carbocycles. The molecule has 0 aromatic carbocycles. The monoisotopic (exact) mass is 252 g/mol. The summed E-state index contributed by atoms with van der Waals surface area (Å²) in [5, 5.41) is 23.7. The van der Waals surface area contributed by atoms with Crippen molar-refractivity contribution in [3.05, 3.63) is 22.2 Å². The molecule has 1 heterocycles. The molecule has 0 saturated heterocycles. The SMILES string of the molecule is Nc1ccc([N+](=O)[O-])c(NC2CCCCC2O)n1. The molecule has 1 aliphatic rings. The van der Waals surface area contributed by atoms with Crippen LogP contribution in [0.2, 0.25) is 0 Å². The molecule has 7 heteroatoms. The van der Waals surface area contributed by atoms with Gasteiger partial charge >= 0.3 is 5.69 Å². The van der Waals surface area contributed by atoms with Gasteiger partial charge in [0, 0.05) is 6.07 Å². The first-order valence-electron chi connectivity index (χ1n) is 5.93. The van der Waals surface area contributed by atoms with Crippen molar-refractivity contribution in [2.45, 2.75) is 37.8 Å². The fraction of sp³-hybridized carbons (Fsp3) is 0.545. The number of nitrogens with zero attached hydrogens (tertiary/aromatic N) is 2. The lowest BCUT2D eigenvalue weighted by atomic mass is 9.92. The number of aliphatic hydroxyl groups excluding tert-OH is 1. The van der Waals surface area contributed by atoms with E-state index in [1.165, 1.54) is 12.1 Å². The van der Waals surface area contributed by atoms with Gasteiger partial charge in [0.2, 0.25) is 5.82 Å². The van der Waals surface area contributed by atoms with Crippen LogP contribution in [0.5, 0.6) is 0 Å². The minimum absolute atomic E-state index is 0.123. The van der Waals surface area contributed by atoms with Crippen molar-refractivity contribution in [3.63, 3.8) is 0 Å². The number of rotatable bonds is 3. The summed E-state index contributed by atoms with van der Waals surface area (Å²) < 4.78 is 0. The summed E-state index contributed by atoms with van der Waals surface area (Å²) in [5.74, 6) is 0.347. The summed E-state index contributed by atoms with van der Waals surface area (Å²) in [5.41, 5.74) is 5.41. The summed E-state index contributed by atoms with van der Waals surface area (Å²) >= 11 is 0. The molecule has 0 bridgehead atoms. The molecule has 0 spiro atoms. The lowest BCUT2D eigenvalue weighted by Crippen LogP contribution is -2.36. The number of nitrogen functional groups attached to an aromatic ring is 1. The third-order valence-electron chi connectivity index (χ3n) is 3.14. The number of nitro groups is 1. The van der Waals surface area contributed by atoms with Crippen LogP contribution in [0, 0.1) is 10.1 Å².